The lowest BCUT2D eigenvalue weighted by Crippen LogP contribution is -2.00. The van der Waals surface area contributed by atoms with Crippen molar-refractivity contribution in [1.82, 2.24) is 24.9 Å². The van der Waals surface area contributed by atoms with Crippen molar-refractivity contribution in [3.05, 3.63) is 181 Å². The van der Waals surface area contributed by atoms with Gasteiger partial charge in [0.15, 0.2) is 17.5 Å². The standard InChI is InChI=1S/C49H39N5.C2H6/c1-4-14-36(15-5-2)44-28-33(3)29-45(51-44)37-24-22-34(23-25-37)40-30-41(46-43-21-13-12-16-35(43)26-27-50-46)32-42(31-40)49-53-47(38-17-8-6-9-18-38)52-48(54-49)39-19-10-7-11-20-39;1-2/h4,6-32H,5H2,1-3H3;1-2H3/b14-4-,36-15+;. The molecule has 56 heavy (non-hydrogen) atoms. The predicted octanol–water partition coefficient (Wildman–Crippen LogP) is 13.5. The molecular weight excluding hydrogens is 683 g/mol. The second kappa shape index (κ2) is 17.5. The number of benzene rings is 5. The van der Waals surface area contributed by atoms with E-state index in [2.05, 4.69) is 117 Å². The molecule has 0 spiro atoms. The zero-order valence-electron chi connectivity index (χ0n) is 32.6. The third kappa shape index (κ3) is 8.28. The zero-order valence-corrected chi connectivity index (χ0v) is 32.6. The number of hydrogen-bond acceptors (Lipinski definition) is 5. The van der Waals surface area contributed by atoms with Gasteiger partial charge in [-0.3, -0.25) is 4.98 Å². The molecule has 0 aliphatic heterocycles. The van der Waals surface area contributed by atoms with Gasteiger partial charge in [0.05, 0.1) is 17.1 Å². The minimum absolute atomic E-state index is 0.594. The van der Waals surface area contributed by atoms with Gasteiger partial charge in [0.2, 0.25) is 0 Å². The molecule has 5 nitrogen and oxygen atoms in total. The van der Waals surface area contributed by atoms with E-state index >= 15 is 0 Å². The highest BCUT2D eigenvalue weighted by atomic mass is 15.0. The van der Waals surface area contributed by atoms with Crippen LogP contribution < -0.4 is 0 Å². The summed E-state index contributed by atoms with van der Waals surface area (Å²) in [5, 5.41) is 2.22. The van der Waals surface area contributed by atoms with Gasteiger partial charge >= 0.3 is 0 Å². The van der Waals surface area contributed by atoms with E-state index < -0.39 is 0 Å². The van der Waals surface area contributed by atoms with E-state index in [1.807, 2.05) is 87.6 Å². The topological polar surface area (TPSA) is 64.5 Å². The molecule has 0 N–H and O–H groups in total. The van der Waals surface area contributed by atoms with Crippen molar-refractivity contribution >= 4 is 16.3 Å². The number of nitrogens with zero attached hydrogens (tertiary/aromatic N) is 5. The average molecular weight is 728 g/mol. The van der Waals surface area contributed by atoms with Crippen LogP contribution in [0.1, 0.15) is 45.4 Å². The SMILES string of the molecule is C/C=C\C(=C/CC)c1cc(C)cc(-c2ccc(-c3cc(-c4nc(-c5ccccc5)nc(-c5ccccc5)n4)cc(-c4nccc5ccccc45)c3)cc2)n1.CC. The quantitative estimate of drug-likeness (QED) is 0.139. The Balaban J connectivity index is 0.00000237. The van der Waals surface area contributed by atoms with Crippen LogP contribution in [0.5, 0.6) is 0 Å². The van der Waals surface area contributed by atoms with Crippen LogP contribution in [0.3, 0.4) is 0 Å². The van der Waals surface area contributed by atoms with Gasteiger partial charge in [-0.1, -0.05) is 148 Å². The minimum atomic E-state index is 0.594. The average Bonchev–Trinajstić information content (AvgIpc) is 3.27. The third-order valence-corrected chi connectivity index (χ3v) is 9.39. The molecule has 0 aliphatic rings. The lowest BCUT2D eigenvalue weighted by Gasteiger charge is -2.13. The van der Waals surface area contributed by atoms with Gasteiger partial charge in [0.1, 0.15) is 0 Å². The highest BCUT2D eigenvalue weighted by Gasteiger charge is 2.16. The highest BCUT2D eigenvalue weighted by molar-refractivity contribution is 5.96. The maximum Gasteiger partial charge on any atom is 0.164 e. The fourth-order valence-electron chi connectivity index (χ4n) is 6.80. The van der Waals surface area contributed by atoms with E-state index in [9.17, 15) is 0 Å². The Morgan fingerprint density at radius 2 is 1.11 bits per heavy atom. The fraction of sp³-hybridized carbons (Fsp3) is 0.118. The normalized spacial score (nSPS) is 11.4. The molecule has 0 radical (unpaired) electrons. The smallest absolute Gasteiger partial charge is 0.164 e. The monoisotopic (exact) mass is 727 g/mol. The van der Waals surface area contributed by atoms with Gasteiger partial charge in [-0.2, -0.15) is 0 Å². The van der Waals surface area contributed by atoms with E-state index in [0.29, 0.717) is 17.5 Å². The van der Waals surface area contributed by atoms with Crippen LogP contribution >= 0.6 is 0 Å². The van der Waals surface area contributed by atoms with E-state index in [1.54, 1.807) is 0 Å². The molecule has 0 saturated heterocycles. The first-order chi connectivity index (χ1) is 27.6. The third-order valence-electron chi connectivity index (χ3n) is 9.39. The summed E-state index contributed by atoms with van der Waals surface area (Å²) in [6, 6.07) is 50.1. The Labute approximate surface area is 330 Å². The first-order valence-electron chi connectivity index (χ1n) is 19.4. The summed E-state index contributed by atoms with van der Waals surface area (Å²) in [6.07, 6.45) is 9.25. The number of aromatic nitrogens is 5. The summed E-state index contributed by atoms with van der Waals surface area (Å²) in [7, 11) is 0. The Hall–Kier alpha value is -6.85. The molecule has 0 aliphatic carbocycles. The Kier molecular flexibility index (Phi) is 11.7. The van der Waals surface area contributed by atoms with Gasteiger partial charge in [-0.15, -0.1) is 0 Å². The van der Waals surface area contributed by atoms with E-state index in [0.717, 1.165) is 78.8 Å². The number of pyridine rings is 2. The largest absolute Gasteiger partial charge is 0.256 e. The lowest BCUT2D eigenvalue weighted by atomic mass is 9.95. The van der Waals surface area contributed by atoms with E-state index in [1.165, 1.54) is 5.56 Å². The number of hydrogen-bond donors (Lipinski definition) is 0. The van der Waals surface area contributed by atoms with Gasteiger partial charge in [-0.05, 0) is 84.3 Å². The van der Waals surface area contributed by atoms with Crippen molar-refractivity contribution in [1.29, 1.82) is 0 Å². The van der Waals surface area contributed by atoms with Crippen molar-refractivity contribution in [2.45, 2.75) is 41.0 Å². The van der Waals surface area contributed by atoms with Crippen molar-refractivity contribution in [2.24, 2.45) is 0 Å². The molecule has 274 valence electrons. The lowest BCUT2D eigenvalue weighted by molar-refractivity contribution is 1.07. The fourth-order valence-corrected chi connectivity index (χ4v) is 6.80. The van der Waals surface area contributed by atoms with Gasteiger partial charge in [0, 0.05) is 39.4 Å². The number of aryl methyl sites for hydroxylation is 1. The number of fused-ring (bicyclic) bond motifs is 1. The summed E-state index contributed by atoms with van der Waals surface area (Å²) in [6.45, 7) is 10.3. The van der Waals surface area contributed by atoms with Gasteiger partial charge in [-0.25, -0.2) is 19.9 Å². The molecule has 0 bridgehead atoms. The van der Waals surface area contributed by atoms with Crippen LogP contribution in [0.25, 0.3) is 84.2 Å². The van der Waals surface area contributed by atoms with Crippen LogP contribution in [0.15, 0.2) is 170 Å². The first kappa shape index (κ1) is 37.5. The van der Waals surface area contributed by atoms with Crippen LogP contribution in [-0.4, -0.2) is 24.9 Å². The maximum atomic E-state index is 5.10. The maximum absolute atomic E-state index is 5.10. The second-order valence-electron chi connectivity index (χ2n) is 13.3. The van der Waals surface area contributed by atoms with Crippen LogP contribution in [-0.2, 0) is 0 Å². The summed E-state index contributed by atoms with van der Waals surface area (Å²) in [4.78, 5) is 25.1. The van der Waals surface area contributed by atoms with E-state index in [4.69, 9.17) is 24.9 Å². The van der Waals surface area contributed by atoms with Crippen LogP contribution in [0.4, 0.5) is 0 Å². The molecule has 3 heterocycles. The molecule has 0 fully saturated rings. The Morgan fingerprint density at radius 3 is 1.75 bits per heavy atom. The van der Waals surface area contributed by atoms with Crippen molar-refractivity contribution in [3.8, 4) is 67.8 Å². The molecule has 8 rings (SSSR count). The van der Waals surface area contributed by atoms with Crippen molar-refractivity contribution in [2.75, 3.05) is 0 Å². The Morgan fingerprint density at radius 1 is 0.536 bits per heavy atom. The van der Waals surface area contributed by atoms with E-state index in [-0.39, 0.29) is 0 Å². The summed E-state index contributed by atoms with van der Waals surface area (Å²) >= 11 is 0. The molecule has 0 unspecified atom stereocenters. The molecule has 8 aromatic rings. The molecule has 0 atom stereocenters. The van der Waals surface area contributed by atoms with Crippen molar-refractivity contribution in [3.63, 3.8) is 0 Å². The molecule has 5 heteroatoms. The summed E-state index contributed by atoms with van der Waals surface area (Å²) in [5.74, 6) is 1.84. The molecular formula is C51H45N5. The summed E-state index contributed by atoms with van der Waals surface area (Å²) < 4.78 is 0. The van der Waals surface area contributed by atoms with Crippen LogP contribution in [0, 0.1) is 6.92 Å². The summed E-state index contributed by atoms with van der Waals surface area (Å²) in [5.41, 5.74) is 12.0. The molecule has 0 saturated carbocycles. The van der Waals surface area contributed by atoms with Gasteiger partial charge in [0.25, 0.3) is 0 Å². The second-order valence-corrected chi connectivity index (χ2v) is 13.3. The minimum Gasteiger partial charge on any atom is -0.256 e. The predicted molar refractivity (Wildman–Crippen MR) is 235 cm³/mol. The number of allylic oxidation sites excluding steroid dienone is 4. The number of rotatable bonds is 9. The zero-order chi connectivity index (χ0) is 38.9. The Bertz CT molecular complexity index is 2580. The molecule has 5 aromatic carbocycles. The van der Waals surface area contributed by atoms with Crippen molar-refractivity contribution < 1.29 is 0 Å². The highest BCUT2D eigenvalue weighted by Crippen LogP contribution is 2.36. The van der Waals surface area contributed by atoms with Crippen LogP contribution in [0.2, 0.25) is 0 Å². The van der Waals surface area contributed by atoms with Gasteiger partial charge < -0.3 is 0 Å². The first-order valence-corrected chi connectivity index (χ1v) is 19.4. The molecule has 3 aromatic heterocycles. The molecule has 0 amide bonds.